The SMILES string of the molecule is CCOc1ccc(NC(=O)c2ccccc2NC(=S)NC(=O)c2ccc(OCCc3ccccc3)c(Br)c2)cc1. The van der Waals surface area contributed by atoms with E-state index in [1.54, 1.807) is 66.7 Å². The minimum Gasteiger partial charge on any atom is -0.494 e. The summed E-state index contributed by atoms with van der Waals surface area (Å²) >= 11 is 8.85. The molecule has 204 valence electrons. The minimum atomic E-state index is -0.398. The van der Waals surface area contributed by atoms with Gasteiger partial charge in [-0.05, 0) is 95.2 Å². The highest BCUT2D eigenvalue weighted by Crippen LogP contribution is 2.26. The fourth-order valence-electron chi connectivity index (χ4n) is 3.80. The second kappa shape index (κ2) is 14.3. The van der Waals surface area contributed by atoms with Gasteiger partial charge in [0.2, 0.25) is 0 Å². The molecule has 9 heteroatoms. The van der Waals surface area contributed by atoms with E-state index in [9.17, 15) is 9.59 Å². The van der Waals surface area contributed by atoms with Crippen molar-refractivity contribution in [2.24, 2.45) is 0 Å². The molecule has 0 aliphatic heterocycles. The molecule has 4 rings (SSSR count). The van der Waals surface area contributed by atoms with Crippen molar-refractivity contribution in [3.8, 4) is 11.5 Å². The second-order valence-corrected chi connectivity index (χ2v) is 9.86. The first-order valence-electron chi connectivity index (χ1n) is 12.6. The molecule has 40 heavy (non-hydrogen) atoms. The van der Waals surface area contributed by atoms with E-state index in [1.165, 1.54) is 5.56 Å². The number of thiocarbonyl (C=S) groups is 1. The Labute approximate surface area is 247 Å². The van der Waals surface area contributed by atoms with Crippen LogP contribution in [-0.4, -0.2) is 30.1 Å². The number of hydrogen-bond acceptors (Lipinski definition) is 5. The molecule has 4 aromatic carbocycles. The Hall–Kier alpha value is -4.21. The molecule has 0 radical (unpaired) electrons. The lowest BCUT2D eigenvalue weighted by Gasteiger charge is -2.14. The Kier molecular flexibility index (Phi) is 10.3. The minimum absolute atomic E-state index is 0.0608. The van der Waals surface area contributed by atoms with Crippen LogP contribution in [0.2, 0.25) is 0 Å². The zero-order valence-electron chi connectivity index (χ0n) is 21.8. The maximum absolute atomic E-state index is 13.0. The third-order valence-electron chi connectivity index (χ3n) is 5.76. The quantitative estimate of drug-likeness (QED) is 0.169. The van der Waals surface area contributed by atoms with Crippen molar-refractivity contribution in [3.05, 3.63) is 118 Å². The molecule has 0 saturated carbocycles. The monoisotopic (exact) mass is 617 g/mol. The lowest BCUT2D eigenvalue weighted by atomic mass is 10.1. The maximum Gasteiger partial charge on any atom is 0.257 e. The number of ether oxygens (including phenoxy) is 2. The van der Waals surface area contributed by atoms with E-state index >= 15 is 0 Å². The topological polar surface area (TPSA) is 88.7 Å². The van der Waals surface area contributed by atoms with E-state index in [0.717, 1.165) is 12.2 Å². The zero-order chi connectivity index (χ0) is 28.3. The number of hydrogen-bond donors (Lipinski definition) is 3. The molecule has 4 aromatic rings. The molecule has 0 saturated heterocycles. The number of rotatable bonds is 10. The number of anilines is 2. The Morgan fingerprint density at radius 2 is 1.55 bits per heavy atom. The van der Waals surface area contributed by atoms with E-state index in [1.807, 2.05) is 25.1 Å². The first-order chi connectivity index (χ1) is 19.4. The molecule has 0 atom stereocenters. The van der Waals surface area contributed by atoms with E-state index in [2.05, 4.69) is 44.0 Å². The van der Waals surface area contributed by atoms with Crippen LogP contribution >= 0.6 is 28.1 Å². The molecule has 0 heterocycles. The Morgan fingerprint density at radius 3 is 2.27 bits per heavy atom. The van der Waals surface area contributed by atoms with E-state index in [4.69, 9.17) is 21.7 Å². The van der Waals surface area contributed by atoms with Crippen LogP contribution in [0.25, 0.3) is 0 Å². The summed E-state index contributed by atoms with van der Waals surface area (Å²) in [6.07, 6.45) is 0.773. The van der Waals surface area contributed by atoms with Gasteiger partial charge in [-0.3, -0.25) is 14.9 Å². The lowest BCUT2D eigenvalue weighted by molar-refractivity contribution is 0.0976. The van der Waals surface area contributed by atoms with Gasteiger partial charge >= 0.3 is 0 Å². The van der Waals surface area contributed by atoms with Crippen LogP contribution in [0.1, 0.15) is 33.2 Å². The van der Waals surface area contributed by atoms with E-state index in [-0.39, 0.29) is 11.0 Å². The number of carbonyl (C=O) groups excluding carboxylic acids is 2. The molecular formula is C31H28BrN3O4S. The molecule has 0 aliphatic carbocycles. The number of nitrogens with one attached hydrogen (secondary N) is 3. The average molecular weight is 619 g/mol. The Morgan fingerprint density at radius 1 is 0.825 bits per heavy atom. The highest BCUT2D eigenvalue weighted by molar-refractivity contribution is 9.10. The Bertz CT molecular complexity index is 1480. The van der Waals surface area contributed by atoms with Crippen molar-refractivity contribution in [3.63, 3.8) is 0 Å². The van der Waals surface area contributed by atoms with Crippen LogP contribution in [0.4, 0.5) is 11.4 Å². The summed E-state index contributed by atoms with van der Waals surface area (Å²) in [5.74, 6) is 0.639. The van der Waals surface area contributed by atoms with Crippen LogP contribution in [0.15, 0.2) is 102 Å². The van der Waals surface area contributed by atoms with Gasteiger partial charge in [0.25, 0.3) is 11.8 Å². The fraction of sp³-hybridized carbons (Fsp3) is 0.129. The fourth-order valence-corrected chi connectivity index (χ4v) is 4.50. The van der Waals surface area contributed by atoms with Gasteiger partial charge in [-0.1, -0.05) is 42.5 Å². The summed E-state index contributed by atoms with van der Waals surface area (Å²) in [6, 6.07) is 29.2. The predicted octanol–water partition coefficient (Wildman–Crippen LogP) is 6.85. The van der Waals surface area contributed by atoms with Crippen molar-refractivity contribution >= 4 is 56.4 Å². The van der Waals surface area contributed by atoms with Crippen LogP contribution < -0.4 is 25.4 Å². The number of amides is 2. The van der Waals surface area contributed by atoms with Crippen molar-refractivity contribution in [2.45, 2.75) is 13.3 Å². The molecular weight excluding hydrogens is 590 g/mol. The lowest BCUT2D eigenvalue weighted by Crippen LogP contribution is -2.34. The largest absolute Gasteiger partial charge is 0.494 e. The van der Waals surface area contributed by atoms with Crippen LogP contribution in [0.5, 0.6) is 11.5 Å². The first-order valence-corrected chi connectivity index (χ1v) is 13.8. The predicted molar refractivity (Wildman–Crippen MR) is 165 cm³/mol. The molecule has 0 spiro atoms. The standard InChI is InChI=1S/C31H28BrN3O4S/c1-2-38-24-15-13-23(14-16-24)33-30(37)25-10-6-7-11-27(25)34-31(40)35-29(36)22-12-17-28(26(32)20-22)39-19-18-21-8-4-3-5-9-21/h3-17,20H,2,18-19H2,1H3,(H,33,37)(H2,34,35,36,40). The van der Waals surface area contributed by atoms with E-state index in [0.29, 0.717) is 45.9 Å². The van der Waals surface area contributed by atoms with Gasteiger partial charge in [-0.2, -0.15) is 0 Å². The maximum atomic E-state index is 13.0. The number of para-hydroxylation sites is 1. The van der Waals surface area contributed by atoms with Gasteiger partial charge in [0, 0.05) is 17.7 Å². The summed E-state index contributed by atoms with van der Waals surface area (Å²) in [5.41, 5.74) is 3.03. The molecule has 0 aromatic heterocycles. The third kappa shape index (κ3) is 8.14. The normalized spacial score (nSPS) is 10.3. The van der Waals surface area contributed by atoms with Crippen LogP contribution in [0, 0.1) is 0 Å². The highest BCUT2D eigenvalue weighted by Gasteiger charge is 2.15. The van der Waals surface area contributed by atoms with Gasteiger partial charge < -0.3 is 20.1 Å². The molecule has 0 bridgehead atoms. The summed E-state index contributed by atoms with van der Waals surface area (Å²) in [7, 11) is 0. The van der Waals surface area contributed by atoms with Gasteiger partial charge in [0.05, 0.1) is 28.9 Å². The van der Waals surface area contributed by atoms with Crippen LogP contribution in [-0.2, 0) is 6.42 Å². The van der Waals surface area contributed by atoms with Crippen molar-refractivity contribution in [1.82, 2.24) is 5.32 Å². The van der Waals surface area contributed by atoms with Crippen molar-refractivity contribution in [1.29, 1.82) is 0 Å². The first kappa shape index (κ1) is 28.8. The van der Waals surface area contributed by atoms with E-state index < -0.39 is 5.91 Å². The summed E-state index contributed by atoms with van der Waals surface area (Å²) < 4.78 is 12.0. The van der Waals surface area contributed by atoms with Crippen molar-refractivity contribution in [2.75, 3.05) is 23.8 Å². The summed E-state index contributed by atoms with van der Waals surface area (Å²) in [4.78, 5) is 25.8. The molecule has 3 N–H and O–H groups in total. The third-order valence-corrected chi connectivity index (χ3v) is 6.58. The van der Waals surface area contributed by atoms with Crippen molar-refractivity contribution < 1.29 is 19.1 Å². The summed E-state index contributed by atoms with van der Waals surface area (Å²) in [6.45, 7) is 2.98. The molecule has 7 nitrogen and oxygen atoms in total. The van der Waals surface area contributed by atoms with Gasteiger partial charge in [-0.25, -0.2) is 0 Å². The molecule has 0 aliphatic rings. The molecule has 0 fully saturated rings. The second-order valence-electron chi connectivity index (χ2n) is 8.59. The smallest absolute Gasteiger partial charge is 0.257 e. The van der Waals surface area contributed by atoms with Gasteiger partial charge in [0.15, 0.2) is 5.11 Å². The summed E-state index contributed by atoms with van der Waals surface area (Å²) in [5, 5.41) is 8.54. The zero-order valence-corrected chi connectivity index (χ0v) is 24.2. The number of benzene rings is 4. The Balaban J connectivity index is 1.33. The molecule has 2 amide bonds. The van der Waals surface area contributed by atoms with Crippen LogP contribution in [0.3, 0.4) is 0 Å². The number of carbonyl (C=O) groups is 2. The van der Waals surface area contributed by atoms with Gasteiger partial charge in [0.1, 0.15) is 11.5 Å². The highest BCUT2D eigenvalue weighted by atomic mass is 79.9. The number of halogens is 1. The van der Waals surface area contributed by atoms with Gasteiger partial charge in [-0.15, -0.1) is 0 Å². The average Bonchev–Trinajstić information content (AvgIpc) is 2.96. The molecule has 0 unspecified atom stereocenters.